The number of aldehydes is 1. The van der Waals surface area contributed by atoms with E-state index in [1.54, 1.807) is 12.1 Å². The Bertz CT molecular complexity index is 312. The minimum atomic E-state index is 0.593. The molecule has 1 rings (SSSR count). The van der Waals surface area contributed by atoms with Gasteiger partial charge in [0.05, 0.1) is 0 Å². The molecule has 13 heavy (non-hydrogen) atoms. The van der Waals surface area contributed by atoms with Crippen molar-refractivity contribution in [2.45, 2.75) is 6.92 Å². The second-order valence-corrected chi connectivity index (χ2v) is 3.27. The van der Waals surface area contributed by atoms with Crippen LogP contribution in [0.2, 0.25) is 5.02 Å². The number of nitrogens with zero attached hydrogens (tertiary/aromatic N) is 1. The Morgan fingerprint density at radius 2 is 2.23 bits per heavy atom. The van der Waals surface area contributed by atoms with E-state index in [1.807, 2.05) is 24.9 Å². The number of hydrogen-bond donors (Lipinski definition) is 0. The van der Waals surface area contributed by atoms with Crippen LogP contribution >= 0.6 is 11.6 Å². The van der Waals surface area contributed by atoms with Crippen molar-refractivity contribution in [2.24, 2.45) is 0 Å². The van der Waals surface area contributed by atoms with Crippen molar-refractivity contribution in [2.75, 3.05) is 18.5 Å². The summed E-state index contributed by atoms with van der Waals surface area (Å²) in [5, 5.41) is 0.593. The predicted octanol–water partition coefficient (Wildman–Crippen LogP) is 2.61. The Balaban J connectivity index is 3.13. The van der Waals surface area contributed by atoms with E-state index in [0.29, 0.717) is 10.6 Å². The summed E-state index contributed by atoms with van der Waals surface area (Å²) in [5.74, 6) is 0. The Morgan fingerprint density at radius 3 is 2.77 bits per heavy atom. The summed E-state index contributed by atoms with van der Waals surface area (Å²) < 4.78 is 0. The highest BCUT2D eigenvalue weighted by Crippen LogP contribution is 2.21. The Labute approximate surface area is 83.1 Å². The fraction of sp³-hybridized carbons (Fsp3) is 0.300. The van der Waals surface area contributed by atoms with Gasteiger partial charge < -0.3 is 4.90 Å². The molecular weight excluding hydrogens is 186 g/mol. The van der Waals surface area contributed by atoms with E-state index in [-0.39, 0.29) is 0 Å². The quantitative estimate of drug-likeness (QED) is 0.695. The molecule has 0 unspecified atom stereocenters. The second-order valence-electron chi connectivity index (χ2n) is 2.84. The molecule has 0 atom stereocenters. The molecule has 70 valence electrons. The van der Waals surface area contributed by atoms with Crippen molar-refractivity contribution >= 4 is 23.6 Å². The third-order valence-electron chi connectivity index (χ3n) is 2.00. The number of carbonyl (C=O) groups is 1. The second kappa shape index (κ2) is 4.28. The van der Waals surface area contributed by atoms with Crippen molar-refractivity contribution in [3.63, 3.8) is 0 Å². The van der Waals surface area contributed by atoms with Crippen LogP contribution in [0.4, 0.5) is 5.69 Å². The van der Waals surface area contributed by atoms with Gasteiger partial charge in [-0.05, 0) is 25.1 Å². The number of benzene rings is 1. The monoisotopic (exact) mass is 197 g/mol. The van der Waals surface area contributed by atoms with Crippen molar-refractivity contribution in [3.8, 4) is 0 Å². The van der Waals surface area contributed by atoms with E-state index in [2.05, 4.69) is 0 Å². The molecule has 3 heteroatoms. The summed E-state index contributed by atoms with van der Waals surface area (Å²) in [5.41, 5.74) is 1.55. The van der Waals surface area contributed by atoms with Crippen molar-refractivity contribution in [1.29, 1.82) is 0 Å². The van der Waals surface area contributed by atoms with Crippen LogP contribution in [0.5, 0.6) is 0 Å². The zero-order chi connectivity index (χ0) is 9.84. The van der Waals surface area contributed by atoms with Crippen LogP contribution in [0, 0.1) is 0 Å². The van der Waals surface area contributed by atoms with Crippen LogP contribution < -0.4 is 4.90 Å². The summed E-state index contributed by atoms with van der Waals surface area (Å²) in [6, 6.07) is 5.32. The topological polar surface area (TPSA) is 20.3 Å². The van der Waals surface area contributed by atoms with Crippen LogP contribution in [0.15, 0.2) is 18.2 Å². The highest BCUT2D eigenvalue weighted by molar-refractivity contribution is 6.31. The number of rotatable bonds is 3. The van der Waals surface area contributed by atoms with E-state index in [1.165, 1.54) is 0 Å². The van der Waals surface area contributed by atoms with Gasteiger partial charge in [-0.2, -0.15) is 0 Å². The molecule has 0 saturated carbocycles. The largest absolute Gasteiger partial charge is 0.374 e. The van der Waals surface area contributed by atoms with Crippen LogP contribution in [0.25, 0.3) is 0 Å². The molecular formula is C10H12ClNO. The van der Waals surface area contributed by atoms with Crippen LogP contribution in [0.3, 0.4) is 0 Å². The number of anilines is 1. The molecule has 0 aliphatic heterocycles. The maximum atomic E-state index is 10.7. The molecule has 0 aromatic heterocycles. The standard InChI is InChI=1S/C10H12ClNO/c1-3-12(2)10-5-4-9(11)6-8(10)7-13/h4-7H,3H2,1-2H3. The molecule has 0 radical (unpaired) electrons. The van der Waals surface area contributed by atoms with Gasteiger partial charge in [-0.15, -0.1) is 0 Å². The number of hydrogen-bond acceptors (Lipinski definition) is 2. The molecule has 1 aromatic carbocycles. The molecule has 0 heterocycles. The van der Waals surface area contributed by atoms with Crippen molar-refractivity contribution in [3.05, 3.63) is 28.8 Å². The first-order chi connectivity index (χ1) is 6.19. The van der Waals surface area contributed by atoms with Crippen LogP contribution in [-0.4, -0.2) is 19.9 Å². The third kappa shape index (κ3) is 2.22. The van der Waals surface area contributed by atoms with Gasteiger partial charge in [0.1, 0.15) is 0 Å². The Hall–Kier alpha value is -1.02. The number of halogens is 1. The minimum Gasteiger partial charge on any atom is -0.374 e. The van der Waals surface area contributed by atoms with Gasteiger partial charge in [0.2, 0.25) is 0 Å². The first kappa shape index (κ1) is 10.1. The average molecular weight is 198 g/mol. The van der Waals surface area contributed by atoms with Gasteiger partial charge in [0, 0.05) is 29.9 Å². The molecule has 0 aliphatic carbocycles. The first-order valence-electron chi connectivity index (χ1n) is 4.15. The third-order valence-corrected chi connectivity index (χ3v) is 2.24. The van der Waals surface area contributed by atoms with E-state index in [0.717, 1.165) is 18.5 Å². The highest BCUT2D eigenvalue weighted by atomic mass is 35.5. The summed E-state index contributed by atoms with van der Waals surface area (Å²) >= 11 is 5.77. The van der Waals surface area contributed by atoms with Gasteiger partial charge in [-0.3, -0.25) is 4.79 Å². The molecule has 0 N–H and O–H groups in total. The van der Waals surface area contributed by atoms with Gasteiger partial charge in [0.25, 0.3) is 0 Å². The lowest BCUT2D eigenvalue weighted by Gasteiger charge is -2.18. The van der Waals surface area contributed by atoms with Gasteiger partial charge in [-0.25, -0.2) is 0 Å². The predicted molar refractivity (Wildman–Crippen MR) is 55.8 cm³/mol. The molecule has 0 saturated heterocycles. The Morgan fingerprint density at radius 1 is 1.54 bits per heavy atom. The molecule has 1 aromatic rings. The first-order valence-corrected chi connectivity index (χ1v) is 4.52. The smallest absolute Gasteiger partial charge is 0.152 e. The highest BCUT2D eigenvalue weighted by Gasteiger charge is 2.05. The molecule has 0 amide bonds. The van der Waals surface area contributed by atoms with E-state index in [4.69, 9.17) is 11.6 Å². The Kier molecular flexibility index (Phi) is 3.32. The van der Waals surface area contributed by atoms with E-state index in [9.17, 15) is 4.79 Å². The minimum absolute atomic E-state index is 0.593. The molecule has 0 spiro atoms. The van der Waals surface area contributed by atoms with Gasteiger partial charge >= 0.3 is 0 Å². The van der Waals surface area contributed by atoms with Crippen molar-refractivity contribution in [1.82, 2.24) is 0 Å². The van der Waals surface area contributed by atoms with Gasteiger partial charge in [0.15, 0.2) is 6.29 Å². The lowest BCUT2D eigenvalue weighted by atomic mass is 10.2. The zero-order valence-electron chi connectivity index (χ0n) is 7.75. The van der Waals surface area contributed by atoms with Crippen molar-refractivity contribution < 1.29 is 4.79 Å². The lowest BCUT2D eigenvalue weighted by molar-refractivity contribution is 0.112. The SMILES string of the molecule is CCN(C)c1ccc(Cl)cc1C=O. The fourth-order valence-corrected chi connectivity index (χ4v) is 1.32. The summed E-state index contributed by atoms with van der Waals surface area (Å²) in [7, 11) is 1.94. The van der Waals surface area contributed by atoms with Crippen LogP contribution in [0.1, 0.15) is 17.3 Å². The van der Waals surface area contributed by atoms with E-state index < -0.39 is 0 Å². The zero-order valence-corrected chi connectivity index (χ0v) is 8.51. The van der Waals surface area contributed by atoms with E-state index >= 15 is 0 Å². The molecule has 0 fully saturated rings. The maximum Gasteiger partial charge on any atom is 0.152 e. The summed E-state index contributed by atoms with van der Waals surface area (Å²) in [6.07, 6.45) is 0.827. The normalized spacial score (nSPS) is 9.77. The molecule has 0 bridgehead atoms. The molecule has 0 aliphatic rings. The van der Waals surface area contributed by atoms with Crippen LogP contribution in [-0.2, 0) is 0 Å². The summed E-state index contributed by atoms with van der Waals surface area (Å²) in [4.78, 5) is 12.7. The fourth-order valence-electron chi connectivity index (χ4n) is 1.14. The maximum absolute atomic E-state index is 10.7. The lowest BCUT2D eigenvalue weighted by Crippen LogP contribution is -2.17. The number of carbonyl (C=O) groups excluding carboxylic acids is 1. The van der Waals surface area contributed by atoms with Gasteiger partial charge in [-0.1, -0.05) is 11.6 Å². The molecule has 2 nitrogen and oxygen atoms in total. The average Bonchev–Trinajstić information content (AvgIpc) is 2.16. The summed E-state index contributed by atoms with van der Waals surface area (Å²) in [6.45, 7) is 2.89.